The first-order chi connectivity index (χ1) is 9.25. The predicted molar refractivity (Wildman–Crippen MR) is 70.8 cm³/mol. The molecule has 4 nitrogen and oxygen atoms in total. The van der Waals surface area contributed by atoms with E-state index in [1.165, 1.54) is 0 Å². The largest absolute Gasteiger partial charge is 0.478 e. The maximum Gasteiger partial charge on any atom is 0.335 e. The highest BCUT2D eigenvalue weighted by Gasteiger charge is 2.17. The Balaban J connectivity index is 2.13. The molecule has 0 aliphatic heterocycles. The van der Waals surface area contributed by atoms with Crippen LogP contribution >= 0.6 is 0 Å². The molecule has 1 N–H and O–H groups in total. The molecule has 0 saturated heterocycles. The van der Waals surface area contributed by atoms with Crippen molar-refractivity contribution in [2.75, 3.05) is 0 Å². The molecule has 19 heavy (non-hydrogen) atoms. The Morgan fingerprint density at radius 3 is 2.89 bits per heavy atom. The Morgan fingerprint density at radius 1 is 1.26 bits per heavy atom. The third-order valence-corrected chi connectivity index (χ3v) is 3.25. The zero-order valence-electron chi connectivity index (χ0n) is 10.2. The van der Waals surface area contributed by atoms with E-state index < -0.39 is 5.97 Å². The van der Waals surface area contributed by atoms with Crippen molar-refractivity contribution in [2.45, 2.75) is 12.8 Å². The number of allylic oxidation sites excluding steroid dienone is 1. The van der Waals surface area contributed by atoms with Crippen molar-refractivity contribution < 1.29 is 9.90 Å². The van der Waals surface area contributed by atoms with Crippen molar-refractivity contribution in [3.05, 3.63) is 65.2 Å². The fourth-order valence-electron chi connectivity index (χ4n) is 2.34. The lowest BCUT2D eigenvalue weighted by atomic mass is 9.88. The smallest absolute Gasteiger partial charge is 0.335 e. The monoisotopic (exact) mass is 252 g/mol. The molecule has 94 valence electrons. The zero-order valence-corrected chi connectivity index (χ0v) is 10.2. The van der Waals surface area contributed by atoms with E-state index in [1.807, 2.05) is 6.07 Å². The maximum absolute atomic E-state index is 11.1. The molecule has 1 aliphatic carbocycles. The number of carboxylic acid groups (broad SMARTS) is 1. The van der Waals surface area contributed by atoms with Gasteiger partial charge in [-0.25, -0.2) is 4.79 Å². The van der Waals surface area contributed by atoms with Gasteiger partial charge in [-0.2, -0.15) is 0 Å². The van der Waals surface area contributed by atoms with Gasteiger partial charge in [-0.3, -0.25) is 9.97 Å². The summed E-state index contributed by atoms with van der Waals surface area (Å²) in [6.45, 7) is 0. The van der Waals surface area contributed by atoms with Gasteiger partial charge in [0.05, 0.1) is 17.5 Å². The van der Waals surface area contributed by atoms with E-state index in [2.05, 4.69) is 16.0 Å². The summed E-state index contributed by atoms with van der Waals surface area (Å²) in [4.78, 5) is 19.5. The first-order valence-corrected chi connectivity index (χ1v) is 6.09. The first kappa shape index (κ1) is 11.6. The lowest BCUT2D eigenvalue weighted by Gasteiger charge is -2.17. The number of aryl methyl sites for hydroxylation is 1. The van der Waals surface area contributed by atoms with Crippen LogP contribution in [0.1, 0.15) is 33.6 Å². The number of rotatable bonds is 2. The highest BCUT2D eigenvalue weighted by atomic mass is 16.4. The molecule has 1 aliphatic rings. The van der Waals surface area contributed by atoms with Crippen molar-refractivity contribution in [1.82, 2.24) is 9.97 Å². The van der Waals surface area contributed by atoms with Gasteiger partial charge >= 0.3 is 5.97 Å². The summed E-state index contributed by atoms with van der Waals surface area (Å²) in [5.74, 6) is -0.910. The summed E-state index contributed by atoms with van der Waals surface area (Å²) in [5.41, 5.74) is 4.17. The summed E-state index contributed by atoms with van der Waals surface area (Å²) >= 11 is 0. The van der Waals surface area contributed by atoms with Crippen LogP contribution in [-0.4, -0.2) is 21.0 Å². The average Bonchev–Trinajstić information content (AvgIpc) is 2.47. The van der Waals surface area contributed by atoms with Crippen LogP contribution in [0.4, 0.5) is 0 Å². The Bertz CT molecular complexity index is 663. The highest BCUT2D eigenvalue weighted by Crippen LogP contribution is 2.31. The molecule has 0 fully saturated rings. The number of hydrogen-bond donors (Lipinski definition) is 1. The van der Waals surface area contributed by atoms with Crippen LogP contribution in [0.15, 0.2) is 42.9 Å². The fourth-order valence-corrected chi connectivity index (χ4v) is 2.34. The van der Waals surface area contributed by atoms with E-state index >= 15 is 0 Å². The second-order valence-corrected chi connectivity index (χ2v) is 4.42. The first-order valence-electron chi connectivity index (χ1n) is 6.09. The summed E-state index contributed by atoms with van der Waals surface area (Å²) in [6, 6.07) is 5.26. The quantitative estimate of drug-likeness (QED) is 0.892. The molecule has 0 radical (unpaired) electrons. The average molecular weight is 252 g/mol. The standard InChI is InChI=1S/C15H12N2O2/c18-15(19)11-5-4-10-2-1-3-12(13(10)8-11)14-9-16-6-7-17-14/h3-9H,1-2H2,(H,18,19). The van der Waals surface area contributed by atoms with Crippen LogP contribution in [0.25, 0.3) is 5.57 Å². The van der Waals surface area contributed by atoms with E-state index in [4.69, 9.17) is 5.11 Å². The normalized spacial score (nSPS) is 13.6. The second-order valence-electron chi connectivity index (χ2n) is 4.42. The van der Waals surface area contributed by atoms with Gasteiger partial charge in [0.2, 0.25) is 0 Å². The van der Waals surface area contributed by atoms with Crippen LogP contribution in [0, 0.1) is 0 Å². The molecule has 0 bridgehead atoms. The number of aromatic nitrogens is 2. The van der Waals surface area contributed by atoms with E-state index in [9.17, 15) is 4.79 Å². The Morgan fingerprint density at radius 2 is 2.16 bits per heavy atom. The number of carboxylic acids is 1. The van der Waals surface area contributed by atoms with Gasteiger partial charge in [-0.1, -0.05) is 12.1 Å². The van der Waals surface area contributed by atoms with Crippen LogP contribution in [0.2, 0.25) is 0 Å². The number of nitrogens with zero attached hydrogens (tertiary/aromatic N) is 2. The SMILES string of the molecule is O=C(O)c1ccc2c(c1)C(c1cnccn1)=CCC2. The minimum Gasteiger partial charge on any atom is -0.478 e. The Kier molecular flexibility index (Phi) is 2.83. The van der Waals surface area contributed by atoms with Crippen molar-refractivity contribution in [3.63, 3.8) is 0 Å². The van der Waals surface area contributed by atoms with Gasteiger partial charge in [0.15, 0.2) is 0 Å². The van der Waals surface area contributed by atoms with Gasteiger partial charge in [0.25, 0.3) is 0 Å². The van der Waals surface area contributed by atoms with Crippen molar-refractivity contribution >= 4 is 11.5 Å². The molecule has 1 aromatic carbocycles. The molecule has 1 aromatic heterocycles. The fraction of sp³-hybridized carbons (Fsp3) is 0.133. The number of aromatic carboxylic acids is 1. The molecule has 4 heteroatoms. The molecule has 0 unspecified atom stereocenters. The minimum atomic E-state index is -0.910. The van der Waals surface area contributed by atoms with Gasteiger partial charge in [0, 0.05) is 18.0 Å². The summed E-state index contributed by atoms with van der Waals surface area (Å²) in [7, 11) is 0. The lowest BCUT2D eigenvalue weighted by Crippen LogP contribution is -2.05. The lowest BCUT2D eigenvalue weighted by molar-refractivity contribution is 0.0697. The van der Waals surface area contributed by atoms with Gasteiger partial charge in [-0.05, 0) is 36.1 Å². The Labute approximate surface area is 110 Å². The minimum absolute atomic E-state index is 0.301. The van der Waals surface area contributed by atoms with E-state index in [-0.39, 0.29) is 0 Å². The van der Waals surface area contributed by atoms with E-state index in [0.29, 0.717) is 5.56 Å². The van der Waals surface area contributed by atoms with Crippen LogP contribution < -0.4 is 0 Å². The van der Waals surface area contributed by atoms with Gasteiger partial charge in [0.1, 0.15) is 0 Å². The van der Waals surface area contributed by atoms with E-state index in [0.717, 1.165) is 35.2 Å². The highest BCUT2D eigenvalue weighted by molar-refractivity contribution is 5.91. The topological polar surface area (TPSA) is 63.1 Å². The Hall–Kier alpha value is -2.49. The summed E-state index contributed by atoms with van der Waals surface area (Å²) in [6.07, 6.45) is 8.93. The molecule has 0 amide bonds. The summed E-state index contributed by atoms with van der Waals surface area (Å²) in [5, 5.41) is 9.10. The molecule has 0 spiro atoms. The molecule has 2 aromatic rings. The van der Waals surface area contributed by atoms with Crippen LogP contribution in [0.5, 0.6) is 0 Å². The van der Waals surface area contributed by atoms with Gasteiger partial charge < -0.3 is 5.11 Å². The predicted octanol–water partition coefficient (Wildman–Crippen LogP) is 2.55. The number of benzene rings is 1. The van der Waals surface area contributed by atoms with Crippen molar-refractivity contribution in [2.24, 2.45) is 0 Å². The number of fused-ring (bicyclic) bond motifs is 1. The third kappa shape index (κ3) is 2.12. The molecule has 3 rings (SSSR count). The van der Waals surface area contributed by atoms with Crippen LogP contribution in [0.3, 0.4) is 0 Å². The van der Waals surface area contributed by atoms with E-state index in [1.54, 1.807) is 30.7 Å². The number of carbonyl (C=O) groups is 1. The van der Waals surface area contributed by atoms with Crippen LogP contribution in [-0.2, 0) is 6.42 Å². The summed E-state index contributed by atoms with van der Waals surface area (Å²) < 4.78 is 0. The van der Waals surface area contributed by atoms with Gasteiger partial charge in [-0.15, -0.1) is 0 Å². The van der Waals surface area contributed by atoms with Crippen molar-refractivity contribution in [1.29, 1.82) is 0 Å². The molecule has 1 heterocycles. The molecule has 0 atom stereocenters. The number of hydrogen-bond acceptors (Lipinski definition) is 3. The molecular formula is C15H12N2O2. The molecular weight excluding hydrogens is 240 g/mol. The third-order valence-electron chi connectivity index (χ3n) is 3.25. The zero-order chi connectivity index (χ0) is 13.2. The maximum atomic E-state index is 11.1. The van der Waals surface area contributed by atoms with Crippen molar-refractivity contribution in [3.8, 4) is 0 Å². The second kappa shape index (κ2) is 4.65. The molecule has 0 saturated carbocycles.